The van der Waals surface area contributed by atoms with E-state index < -0.39 is 0 Å². The van der Waals surface area contributed by atoms with Crippen LogP contribution >= 0.6 is 0 Å². The second-order valence-electron chi connectivity index (χ2n) is 7.17. The average molecular weight is 410 g/mol. The number of hydrogen-bond acceptors (Lipinski definition) is 5. The van der Waals surface area contributed by atoms with Crippen LogP contribution in [0.15, 0.2) is 66.0 Å². The molecule has 3 aromatic heterocycles. The third-order valence-corrected chi connectivity index (χ3v) is 5.12. The molecule has 0 aliphatic rings. The van der Waals surface area contributed by atoms with Gasteiger partial charge in [-0.15, -0.1) is 6.42 Å². The van der Waals surface area contributed by atoms with Crippen LogP contribution in [0, 0.1) is 19.3 Å². The number of benzene rings is 1. The molecular formula is C24H22N6O. The predicted octanol–water partition coefficient (Wildman–Crippen LogP) is 3.89. The molecule has 0 spiro atoms. The zero-order valence-corrected chi connectivity index (χ0v) is 17.3. The molecule has 2 N–H and O–H groups in total. The van der Waals surface area contributed by atoms with E-state index in [1.54, 1.807) is 23.0 Å². The molecule has 31 heavy (non-hydrogen) atoms. The number of anilines is 1. The van der Waals surface area contributed by atoms with Gasteiger partial charge in [-0.05, 0) is 36.9 Å². The highest BCUT2D eigenvalue weighted by Crippen LogP contribution is 2.24. The minimum Gasteiger partial charge on any atom is -0.360 e. The lowest BCUT2D eigenvalue weighted by molar-refractivity contribution is 0.680. The molecular weight excluding hydrogens is 388 g/mol. The summed E-state index contributed by atoms with van der Waals surface area (Å²) >= 11 is 0. The number of pyridine rings is 1. The second kappa shape index (κ2) is 8.67. The van der Waals surface area contributed by atoms with E-state index in [-0.39, 0.29) is 11.6 Å². The Bertz CT molecular complexity index is 1400. The van der Waals surface area contributed by atoms with Gasteiger partial charge in [-0.25, -0.2) is 15.0 Å². The minimum atomic E-state index is -0.206. The third-order valence-electron chi connectivity index (χ3n) is 5.12. The van der Waals surface area contributed by atoms with Crippen LogP contribution in [-0.2, 0) is 6.54 Å². The minimum absolute atomic E-state index is 0.0302. The number of fused-ring (bicyclic) bond motifs is 2. The maximum atomic E-state index is 13.4. The molecule has 0 amide bonds. The van der Waals surface area contributed by atoms with Crippen molar-refractivity contribution in [3.8, 4) is 12.3 Å². The summed E-state index contributed by atoms with van der Waals surface area (Å²) in [6.45, 7) is 4.37. The summed E-state index contributed by atoms with van der Waals surface area (Å²) < 4.78 is 1.77. The molecule has 0 saturated heterocycles. The van der Waals surface area contributed by atoms with Gasteiger partial charge in [-0.1, -0.05) is 42.3 Å². The lowest BCUT2D eigenvalue weighted by Gasteiger charge is -2.21. The standard InChI is InChI=1S/C24H22N6O/c1-4-5-6-7-8-12-30-19(13-18-11-9-10-16(2)20(18)24(30)31)17(3)29-23-21-22(26-14-25-21)27-15-28-23/h1,5-11,13-15,17H,12H2,2-3H3,(H2,25,26,27,28,29)/b6-5-,8-7-/t17-/m1/s1. The molecule has 0 radical (unpaired) electrons. The van der Waals surface area contributed by atoms with Gasteiger partial charge in [0.15, 0.2) is 11.5 Å². The summed E-state index contributed by atoms with van der Waals surface area (Å²) in [5.41, 5.74) is 3.07. The van der Waals surface area contributed by atoms with Crippen molar-refractivity contribution in [1.82, 2.24) is 24.5 Å². The summed E-state index contributed by atoms with van der Waals surface area (Å²) in [6.07, 6.45) is 15.4. The number of allylic oxidation sites excluding steroid dienone is 4. The largest absolute Gasteiger partial charge is 0.360 e. The first kappa shape index (κ1) is 20.1. The smallest absolute Gasteiger partial charge is 0.259 e. The summed E-state index contributed by atoms with van der Waals surface area (Å²) in [7, 11) is 0. The van der Waals surface area contributed by atoms with Crippen LogP contribution in [0.1, 0.15) is 24.2 Å². The zero-order chi connectivity index (χ0) is 21.8. The molecule has 1 aromatic carbocycles. The first-order chi connectivity index (χ1) is 15.1. The van der Waals surface area contributed by atoms with Gasteiger partial charge in [0.1, 0.15) is 11.8 Å². The molecule has 0 unspecified atom stereocenters. The van der Waals surface area contributed by atoms with Gasteiger partial charge in [-0.3, -0.25) is 4.79 Å². The Balaban J connectivity index is 1.79. The van der Waals surface area contributed by atoms with Gasteiger partial charge in [0.25, 0.3) is 5.56 Å². The fourth-order valence-corrected chi connectivity index (χ4v) is 3.64. The van der Waals surface area contributed by atoms with Crippen LogP contribution < -0.4 is 10.9 Å². The molecule has 4 aromatic rings. The topological polar surface area (TPSA) is 88.5 Å². The first-order valence-corrected chi connectivity index (χ1v) is 9.91. The normalized spacial score (nSPS) is 12.7. The van der Waals surface area contributed by atoms with Gasteiger partial charge >= 0.3 is 0 Å². The number of nitrogens with one attached hydrogen (secondary N) is 2. The van der Waals surface area contributed by atoms with Gasteiger partial charge in [0.2, 0.25) is 0 Å². The van der Waals surface area contributed by atoms with Crippen molar-refractivity contribution in [2.45, 2.75) is 26.4 Å². The molecule has 1 atom stereocenters. The number of terminal acetylenes is 1. The van der Waals surface area contributed by atoms with Crippen molar-refractivity contribution in [2.75, 3.05) is 5.32 Å². The van der Waals surface area contributed by atoms with Gasteiger partial charge in [-0.2, -0.15) is 0 Å². The van der Waals surface area contributed by atoms with E-state index in [9.17, 15) is 4.79 Å². The van der Waals surface area contributed by atoms with E-state index in [1.807, 2.05) is 44.2 Å². The summed E-state index contributed by atoms with van der Waals surface area (Å²) in [4.78, 5) is 29.2. The molecule has 154 valence electrons. The van der Waals surface area contributed by atoms with Crippen LogP contribution in [0.5, 0.6) is 0 Å². The number of hydrogen-bond donors (Lipinski definition) is 2. The fraction of sp³-hybridized carbons (Fsp3) is 0.167. The van der Waals surface area contributed by atoms with Crippen molar-refractivity contribution < 1.29 is 0 Å². The number of nitrogens with zero attached hydrogens (tertiary/aromatic N) is 4. The van der Waals surface area contributed by atoms with Crippen molar-refractivity contribution in [1.29, 1.82) is 0 Å². The fourth-order valence-electron chi connectivity index (χ4n) is 3.64. The molecule has 7 heteroatoms. The maximum Gasteiger partial charge on any atom is 0.259 e. The van der Waals surface area contributed by atoms with E-state index >= 15 is 0 Å². The maximum absolute atomic E-state index is 13.4. The molecule has 0 aliphatic heterocycles. The number of aromatic amines is 1. The zero-order valence-electron chi connectivity index (χ0n) is 17.3. The summed E-state index contributed by atoms with van der Waals surface area (Å²) in [6, 6.07) is 7.73. The molecule has 0 aliphatic carbocycles. The Morgan fingerprint density at radius 1 is 1.29 bits per heavy atom. The van der Waals surface area contributed by atoms with Crippen LogP contribution in [0.3, 0.4) is 0 Å². The van der Waals surface area contributed by atoms with Crippen LogP contribution in [0.25, 0.3) is 21.9 Å². The molecule has 0 saturated carbocycles. The molecule has 7 nitrogen and oxygen atoms in total. The van der Waals surface area contributed by atoms with Crippen molar-refractivity contribution in [3.63, 3.8) is 0 Å². The molecule has 4 rings (SSSR count). The number of rotatable bonds is 6. The lowest BCUT2D eigenvalue weighted by Crippen LogP contribution is -2.27. The van der Waals surface area contributed by atoms with E-state index in [4.69, 9.17) is 6.42 Å². The molecule has 0 bridgehead atoms. The van der Waals surface area contributed by atoms with E-state index in [2.05, 4.69) is 37.2 Å². The third kappa shape index (κ3) is 3.96. The van der Waals surface area contributed by atoms with Gasteiger partial charge in [0, 0.05) is 12.2 Å². The van der Waals surface area contributed by atoms with E-state index in [1.165, 1.54) is 6.33 Å². The highest BCUT2D eigenvalue weighted by Gasteiger charge is 2.17. The van der Waals surface area contributed by atoms with Crippen molar-refractivity contribution in [3.05, 3.63) is 82.8 Å². The van der Waals surface area contributed by atoms with Gasteiger partial charge < -0.3 is 14.9 Å². The van der Waals surface area contributed by atoms with Crippen LogP contribution in [0.4, 0.5) is 5.82 Å². The Labute approximate surface area is 179 Å². The number of H-pyrrole nitrogens is 1. The van der Waals surface area contributed by atoms with Crippen LogP contribution in [-0.4, -0.2) is 24.5 Å². The van der Waals surface area contributed by atoms with Gasteiger partial charge in [0.05, 0.1) is 17.8 Å². The number of aryl methyl sites for hydroxylation is 1. The van der Waals surface area contributed by atoms with E-state index in [0.717, 1.165) is 22.0 Å². The Kier molecular flexibility index (Phi) is 5.63. The van der Waals surface area contributed by atoms with Crippen molar-refractivity contribution in [2.24, 2.45) is 0 Å². The SMILES string of the molecule is C#C/C=C\C=C/Cn1c([C@@H](C)Nc2ncnc3[nH]cnc23)cc2cccc(C)c2c1=O. The van der Waals surface area contributed by atoms with Crippen LogP contribution in [0.2, 0.25) is 0 Å². The first-order valence-electron chi connectivity index (χ1n) is 9.91. The number of imidazole rings is 1. The predicted molar refractivity (Wildman–Crippen MR) is 124 cm³/mol. The highest BCUT2D eigenvalue weighted by atomic mass is 16.1. The summed E-state index contributed by atoms with van der Waals surface area (Å²) in [5, 5.41) is 5.02. The summed E-state index contributed by atoms with van der Waals surface area (Å²) in [5.74, 6) is 3.05. The highest BCUT2D eigenvalue weighted by molar-refractivity contribution is 5.85. The average Bonchev–Trinajstić information content (AvgIpc) is 3.24. The Morgan fingerprint density at radius 2 is 2.16 bits per heavy atom. The monoisotopic (exact) mass is 410 g/mol. The Morgan fingerprint density at radius 3 is 3.00 bits per heavy atom. The molecule has 3 heterocycles. The Hall–Kier alpha value is -4.18. The lowest BCUT2D eigenvalue weighted by atomic mass is 10.0. The second-order valence-corrected chi connectivity index (χ2v) is 7.17. The van der Waals surface area contributed by atoms with Crippen molar-refractivity contribution >= 4 is 27.8 Å². The number of aromatic nitrogens is 5. The molecule has 0 fully saturated rings. The quantitative estimate of drug-likeness (QED) is 0.372. The van der Waals surface area contributed by atoms with E-state index in [0.29, 0.717) is 23.5 Å².